The van der Waals surface area contributed by atoms with E-state index in [1.807, 2.05) is 0 Å². The van der Waals surface area contributed by atoms with E-state index in [2.05, 4.69) is 10.3 Å². The summed E-state index contributed by atoms with van der Waals surface area (Å²) in [6.45, 7) is 0.770. The van der Waals surface area contributed by atoms with Crippen molar-refractivity contribution in [3.8, 4) is 0 Å². The highest BCUT2D eigenvalue weighted by Gasteiger charge is 2.03. The van der Waals surface area contributed by atoms with Gasteiger partial charge in [0.15, 0.2) is 0 Å². The van der Waals surface area contributed by atoms with E-state index in [9.17, 15) is 9.59 Å². The zero-order chi connectivity index (χ0) is 11.8. The van der Waals surface area contributed by atoms with Crippen LogP contribution in [0.3, 0.4) is 0 Å². The van der Waals surface area contributed by atoms with E-state index >= 15 is 0 Å². The number of hydrogen-bond acceptors (Lipinski definition) is 3. The lowest BCUT2D eigenvalue weighted by Gasteiger charge is -2.04. The fourth-order valence-corrected chi connectivity index (χ4v) is 1.27. The zero-order valence-electron chi connectivity index (χ0n) is 9.03. The minimum absolute atomic E-state index is 0.188. The Labute approximate surface area is 93.5 Å². The predicted molar refractivity (Wildman–Crippen MR) is 60.3 cm³/mol. The third-order valence-electron chi connectivity index (χ3n) is 2.17. The smallest absolute Gasteiger partial charge is 0.252 e. The number of rotatable bonds is 6. The van der Waals surface area contributed by atoms with E-state index in [0.717, 1.165) is 19.3 Å². The highest BCUT2D eigenvalue weighted by atomic mass is 16.2. The van der Waals surface area contributed by atoms with Crippen LogP contribution in [0.4, 0.5) is 0 Å². The summed E-state index contributed by atoms with van der Waals surface area (Å²) in [4.78, 5) is 24.7. The van der Waals surface area contributed by atoms with E-state index in [4.69, 9.17) is 5.11 Å². The lowest BCUT2D eigenvalue weighted by molar-refractivity contribution is 0.0952. The summed E-state index contributed by atoms with van der Waals surface area (Å²) in [5.74, 6) is -0.194. The van der Waals surface area contributed by atoms with E-state index in [1.165, 1.54) is 18.3 Å². The molecule has 0 bridgehead atoms. The molecule has 0 fully saturated rings. The van der Waals surface area contributed by atoms with Gasteiger partial charge in [0.05, 0.1) is 5.56 Å². The molecule has 1 amide bonds. The summed E-state index contributed by atoms with van der Waals surface area (Å²) in [7, 11) is 0. The van der Waals surface area contributed by atoms with Crippen LogP contribution in [0.5, 0.6) is 0 Å². The summed E-state index contributed by atoms with van der Waals surface area (Å²) in [6, 6.07) is 2.81. The monoisotopic (exact) mass is 224 g/mol. The molecule has 0 aliphatic carbocycles. The standard InChI is InChI=1S/C11H16N2O3/c14-7-3-1-2-6-12-11(16)9-4-5-10(15)13-8-9/h4-5,8,14H,1-3,6-7H2,(H,12,16)(H,13,15). The second kappa shape index (κ2) is 6.79. The molecule has 0 aromatic carbocycles. The molecule has 3 N–H and O–H groups in total. The first-order valence-electron chi connectivity index (χ1n) is 5.32. The number of aromatic amines is 1. The van der Waals surface area contributed by atoms with Gasteiger partial charge in [0.1, 0.15) is 0 Å². The highest BCUT2D eigenvalue weighted by molar-refractivity contribution is 5.93. The third kappa shape index (κ3) is 4.27. The summed E-state index contributed by atoms with van der Waals surface area (Å²) >= 11 is 0. The maximum absolute atomic E-state index is 11.5. The molecule has 1 heterocycles. The van der Waals surface area contributed by atoms with Crippen molar-refractivity contribution in [1.82, 2.24) is 10.3 Å². The van der Waals surface area contributed by atoms with E-state index in [-0.39, 0.29) is 18.1 Å². The lowest BCUT2D eigenvalue weighted by atomic mass is 10.2. The average Bonchev–Trinajstić information content (AvgIpc) is 2.29. The van der Waals surface area contributed by atoms with Gasteiger partial charge in [-0.25, -0.2) is 0 Å². The Hall–Kier alpha value is -1.62. The zero-order valence-corrected chi connectivity index (χ0v) is 9.03. The molecule has 1 aromatic heterocycles. The summed E-state index contributed by atoms with van der Waals surface area (Å²) in [5.41, 5.74) is 0.223. The van der Waals surface area contributed by atoms with Gasteiger partial charge in [0.2, 0.25) is 5.56 Å². The molecule has 0 saturated carbocycles. The number of nitrogens with one attached hydrogen (secondary N) is 2. The molecule has 88 valence electrons. The maximum atomic E-state index is 11.5. The topological polar surface area (TPSA) is 82.2 Å². The molecule has 1 aromatic rings. The third-order valence-corrected chi connectivity index (χ3v) is 2.17. The number of amides is 1. The molecule has 0 spiro atoms. The Morgan fingerprint density at radius 2 is 2.12 bits per heavy atom. The Bertz CT molecular complexity index is 367. The number of carbonyl (C=O) groups excluding carboxylic acids is 1. The van der Waals surface area contributed by atoms with Gasteiger partial charge in [-0.2, -0.15) is 0 Å². The number of H-pyrrole nitrogens is 1. The van der Waals surface area contributed by atoms with Crippen molar-refractivity contribution in [1.29, 1.82) is 0 Å². The molecule has 0 unspecified atom stereocenters. The van der Waals surface area contributed by atoms with Gasteiger partial charge in [-0.1, -0.05) is 0 Å². The van der Waals surface area contributed by atoms with Crippen molar-refractivity contribution in [2.24, 2.45) is 0 Å². The van der Waals surface area contributed by atoms with Gasteiger partial charge in [0.25, 0.3) is 5.91 Å². The van der Waals surface area contributed by atoms with Crippen LogP contribution < -0.4 is 10.9 Å². The lowest BCUT2D eigenvalue weighted by Crippen LogP contribution is -2.25. The van der Waals surface area contributed by atoms with Gasteiger partial charge in [-0.05, 0) is 25.3 Å². The predicted octanol–water partition coefficient (Wildman–Crippen LogP) is 0.267. The number of carbonyl (C=O) groups is 1. The SMILES string of the molecule is O=C(NCCCCCO)c1ccc(=O)[nH]c1. The van der Waals surface area contributed by atoms with Gasteiger partial charge in [-0.15, -0.1) is 0 Å². The summed E-state index contributed by atoms with van der Waals surface area (Å²) in [6.07, 6.45) is 3.89. The van der Waals surface area contributed by atoms with Crippen molar-refractivity contribution in [3.63, 3.8) is 0 Å². The van der Waals surface area contributed by atoms with Crippen LogP contribution in [0.15, 0.2) is 23.1 Å². The van der Waals surface area contributed by atoms with Crippen LogP contribution in [0.2, 0.25) is 0 Å². The molecule has 1 rings (SSSR count). The largest absolute Gasteiger partial charge is 0.396 e. The van der Waals surface area contributed by atoms with E-state index < -0.39 is 0 Å². The first-order valence-corrected chi connectivity index (χ1v) is 5.32. The van der Waals surface area contributed by atoms with Crippen molar-refractivity contribution in [2.45, 2.75) is 19.3 Å². The Balaban J connectivity index is 2.30. The van der Waals surface area contributed by atoms with Gasteiger partial charge in [-0.3, -0.25) is 9.59 Å². The number of hydrogen-bond donors (Lipinski definition) is 3. The van der Waals surface area contributed by atoms with E-state index in [1.54, 1.807) is 0 Å². The molecular formula is C11H16N2O3. The Morgan fingerprint density at radius 1 is 1.31 bits per heavy atom. The van der Waals surface area contributed by atoms with Crippen LogP contribution in [0.1, 0.15) is 29.6 Å². The quantitative estimate of drug-likeness (QED) is 0.606. The van der Waals surface area contributed by atoms with Crippen molar-refractivity contribution in [3.05, 3.63) is 34.2 Å². The first kappa shape index (κ1) is 12.4. The fourth-order valence-electron chi connectivity index (χ4n) is 1.27. The second-order valence-corrected chi connectivity index (χ2v) is 3.48. The minimum atomic E-state index is -0.223. The molecule has 5 nitrogen and oxygen atoms in total. The molecular weight excluding hydrogens is 208 g/mol. The molecule has 0 atom stereocenters. The van der Waals surface area contributed by atoms with Crippen molar-refractivity contribution < 1.29 is 9.90 Å². The highest BCUT2D eigenvalue weighted by Crippen LogP contribution is 1.95. The molecule has 0 aliphatic heterocycles. The van der Waals surface area contributed by atoms with Crippen molar-refractivity contribution in [2.75, 3.05) is 13.2 Å². The van der Waals surface area contributed by atoms with Crippen molar-refractivity contribution >= 4 is 5.91 Å². The van der Waals surface area contributed by atoms with Crippen LogP contribution in [-0.4, -0.2) is 29.1 Å². The number of aromatic nitrogens is 1. The number of unbranched alkanes of at least 4 members (excludes halogenated alkanes) is 2. The Morgan fingerprint density at radius 3 is 2.75 bits per heavy atom. The molecule has 5 heteroatoms. The van der Waals surface area contributed by atoms with Crippen LogP contribution in [-0.2, 0) is 0 Å². The number of aliphatic hydroxyl groups is 1. The summed E-state index contributed by atoms with van der Waals surface area (Å²) in [5, 5.41) is 11.3. The Kier molecular flexibility index (Phi) is 5.28. The molecule has 0 saturated heterocycles. The van der Waals surface area contributed by atoms with Gasteiger partial charge >= 0.3 is 0 Å². The maximum Gasteiger partial charge on any atom is 0.252 e. The number of pyridine rings is 1. The summed E-state index contributed by atoms with van der Waals surface area (Å²) < 4.78 is 0. The molecule has 0 aliphatic rings. The van der Waals surface area contributed by atoms with Crippen LogP contribution in [0.25, 0.3) is 0 Å². The van der Waals surface area contributed by atoms with Crippen LogP contribution >= 0.6 is 0 Å². The average molecular weight is 224 g/mol. The molecule has 0 radical (unpaired) electrons. The van der Waals surface area contributed by atoms with Gasteiger partial charge in [0, 0.05) is 25.4 Å². The normalized spacial score (nSPS) is 10.1. The molecule has 16 heavy (non-hydrogen) atoms. The second-order valence-electron chi connectivity index (χ2n) is 3.48. The van der Waals surface area contributed by atoms with Gasteiger partial charge < -0.3 is 15.4 Å². The van der Waals surface area contributed by atoms with Crippen LogP contribution in [0, 0.1) is 0 Å². The number of aliphatic hydroxyl groups excluding tert-OH is 1. The minimum Gasteiger partial charge on any atom is -0.396 e. The fraction of sp³-hybridized carbons (Fsp3) is 0.455. The first-order chi connectivity index (χ1) is 7.74. The van der Waals surface area contributed by atoms with E-state index in [0.29, 0.717) is 12.1 Å².